The van der Waals surface area contributed by atoms with Gasteiger partial charge in [0.05, 0.1) is 29.7 Å². The third-order valence-electron chi connectivity index (χ3n) is 4.42. The standard InChI is InChI=1S/C23H23ClN2O4S/c1-14(2)30-13-12-26-22(28)20(16-4-8-18(9-5-16)25-15(3)27)21(23(26)29)31-19-10-6-17(24)7-11-19/h4-11,14H,12-13H2,1-3H3,(H,25,27). The number of anilines is 1. The Bertz CT molecular complexity index is 1020. The molecule has 1 heterocycles. The zero-order valence-corrected chi connectivity index (χ0v) is 19.0. The van der Waals surface area contributed by atoms with Crippen molar-refractivity contribution >= 4 is 52.3 Å². The Morgan fingerprint density at radius 2 is 1.71 bits per heavy atom. The first-order valence-electron chi connectivity index (χ1n) is 9.79. The van der Waals surface area contributed by atoms with Crippen LogP contribution < -0.4 is 5.32 Å². The summed E-state index contributed by atoms with van der Waals surface area (Å²) in [5.41, 5.74) is 1.56. The maximum Gasteiger partial charge on any atom is 0.268 e. The van der Waals surface area contributed by atoms with Crippen LogP contribution in [0.5, 0.6) is 0 Å². The van der Waals surface area contributed by atoms with Crippen molar-refractivity contribution in [2.75, 3.05) is 18.5 Å². The van der Waals surface area contributed by atoms with Crippen LogP contribution in [0.3, 0.4) is 0 Å². The Labute approximate surface area is 190 Å². The van der Waals surface area contributed by atoms with E-state index in [1.54, 1.807) is 48.5 Å². The number of hydrogen-bond acceptors (Lipinski definition) is 5. The minimum Gasteiger partial charge on any atom is -0.377 e. The normalized spacial score (nSPS) is 14.0. The molecule has 3 rings (SSSR count). The van der Waals surface area contributed by atoms with Crippen LogP contribution in [-0.2, 0) is 19.1 Å². The van der Waals surface area contributed by atoms with Gasteiger partial charge in [0.2, 0.25) is 5.91 Å². The van der Waals surface area contributed by atoms with Gasteiger partial charge in [0.15, 0.2) is 0 Å². The molecule has 8 heteroatoms. The van der Waals surface area contributed by atoms with Crippen molar-refractivity contribution < 1.29 is 19.1 Å². The second-order valence-electron chi connectivity index (χ2n) is 7.20. The van der Waals surface area contributed by atoms with Crippen molar-refractivity contribution in [1.82, 2.24) is 4.90 Å². The molecule has 3 amide bonds. The van der Waals surface area contributed by atoms with E-state index in [0.717, 1.165) is 4.90 Å². The highest BCUT2D eigenvalue weighted by molar-refractivity contribution is 8.04. The van der Waals surface area contributed by atoms with Crippen molar-refractivity contribution in [2.45, 2.75) is 31.8 Å². The minimum absolute atomic E-state index is 0.00414. The topological polar surface area (TPSA) is 75.7 Å². The first-order chi connectivity index (χ1) is 14.8. The van der Waals surface area contributed by atoms with Crippen LogP contribution in [0.4, 0.5) is 5.69 Å². The number of ether oxygens (including phenoxy) is 1. The van der Waals surface area contributed by atoms with E-state index < -0.39 is 0 Å². The molecule has 0 saturated heterocycles. The van der Waals surface area contributed by atoms with Crippen LogP contribution in [0.25, 0.3) is 5.57 Å². The highest BCUT2D eigenvalue weighted by Crippen LogP contribution is 2.40. The molecule has 1 N–H and O–H groups in total. The number of amides is 3. The van der Waals surface area contributed by atoms with Gasteiger partial charge in [-0.3, -0.25) is 19.3 Å². The molecule has 0 spiro atoms. The summed E-state index contributed by atoms with van der Waals surface area (Å²) in [6.45, 7) is 5.66. The zero-order valence-electron chi connectivity index (χ0n) is 17.5. The van der Waals surface area contributed by atoms with Crippen LogP contribution in [0.1, 0.15) is 26.3 Å². The monoisotopic (exact) mass is 458 g/mol. The molecule has 1 aliphatic heterocycles. The molecule has 0 saturated carbocycles. The zero-order chi connectivity index (χ0) is 22.5. The number of carbonyl (C=O) groups is 3. The van der Waals surface area contributed by atoms with Crippen LogP contribution >= 0.6 is 23.4 Å². The van der Waals surface area contributed by atoms with E-state index >= 15 is 0 Å². The second kappa shape index (κ2) is 10.1. The van der Waals surface area contributed by atoms with Crippen LogP contribution in [0.15, 0.2) is 58.3 Å². The summed E-state index contributed by atoms with van der Waals surface area (Å²) in [5.74, 6) is -0.895. The lowest BCUT2D eigenvalue weighted by atomic mass is 10.1. The van der Waals surface area contributed by atoms with Gasteiger partial charge in [-0.25, -0.2) is 0 Å². The molecule has 0 bridgehead atoms. The predicted octanol–water partition coefficient (Wildman–Crippen LogP) is 4.60. The number of imide groups is 1. The Hall–Kier alpha value is -2.61. The van der Waals surface area contributed by atoms with E-state index in [1.807, 2.05) is 13.8 Å². The van der Waals surface area contributed by atoms with E-state index in [0.29, 0.717) is 26.8 Å². The predicted molar refractivity (Wildman–Crippen MR) is 123 cm³/mol. The van der Waals surface area contributed by atoms with Gasteiger partial charge in [0, 0.05) is 22.5 Å². The first kappa shape index (κ1) is 23.1. The average Bonchev–Trinajstić information content (AvgIpc) is 2.94. The molecule has 0 aliphatic carbocycles. The maximum absolute atomic E-state index is 13.2. The van der Waals surface area contributed by atoms with Gasteiger partial charge < -0.3 is 10.1 Å². The van der Waals surface area contributed by atoms with E-state index in [9.17, 15) is 14.4 Å². The average molecular weight is 459 g/mol. The van der Waals surface area contributed by atoms with Crippen molar-refractivity contribution in [3.8, 4) is 0 Å². The smallest absolute Gasteiger partial charge is 0.268 e. The van der Waals surface area contributed by atoms with Gasteiger partial charge in [-0.15, -0.1) is 0 Å². The molecule has 0 radical (unpaired) electrons. The number of hydrogen-bond donors (Lipinski definition) is 1. The van der Waals surface area contributed by atoms with Crippen molar-refractivity contribution in [3.05, 3.63) is 64.0 Å². The van der Waals surface area contributed by atoms with Gasteiger partial charge in [-0.1, -0.05) is 35.5 Å². The summed E-state index contributed by atoms with van der Waals surface area (Å²) < 4.78 is 5.53. The highest BCUT2D eigenvalue weighted by Gasteiger charge is 2.39. The maximum atomic E-state index is 13.2. The number of rotatable bonds is 8. The van der Waals surface area contributed by atoms with Crippen LogP contribution in [-0.4, -0.2) is 41.9 Å². The molecule has 0 fully saturated rings. The van der Waals surface area contributed by atoms with Gasteiger partial charge >= 0.3 is 0 Å². The molecular formula is C23H23ClN2O4S. The first-order valence-corrected chi connectivity index (χ1v) is 11.0. The molecule has 2 aromatic rings. The van der Waals surface area contributed by atoms with Gasteiger partial charge in [0.1, 0.15) is 0 Å². The summed E-state index contributed by atoms with van der Waals surface area (Å²) in [4.78, 5) is 40.0. The van der Waals surface area contributed by atoms with Gasteiger partial charge in [0.25, 0.3) is 11.8 Å². The number of nitrogens with zero attached hydrogens (tertiary/aromatic N) is 1. The van der Waals surface area contributed by atoms with Crippen LogP contribution in [0, 0.1) is 0 Å². The van der Waals surface area contributed by atoms with E-state index in [4.69, 9.17) is 16.3 Å². The largest absolute Gasteiger partial charge is 0.377 e. The summed E-state index contributed by atoms with van der Waals surface area (Å²) in [6.07, 6.45) is 0.00414. The van der Waals surface area contributed by atoms with E-state index in [-0.39, 0.29) is 37.0 Å². The Morgan fingerprint density at radius 1 is 1.06 bits per heavy atom. The molecule has 6 nitrogen and oxygen atoms in total. The SMILES string of the molecule is CC(=O)Nc1ccc(C2=C(Sc3ccc(Cl)cc3)C(=O)N(CCOC(C)C)C2=O)cc1. The number of nitrogens with one attached hydrogen (secondary N) is 1. The third kappa shape index (κ3) is 5.76. The second-order valence-corrected chi connectivity index (χ2v) is 8.72. The fourth-order valence-corrected chi connectivity index (χ4v) is 4.17. The Kier molecular flexibility index (Phi) is 7.54. The summed E-state index contributed by atoms with van der Waals surface area (Å²) in [5, 5.41) is 3.29. The lowest BCUT2D eigenvalue weighted by Gasteiger charge is -2.16. The number of carbonyl (C=O) groups excluding carboxylic acids is 3. The molecule has 0 unspecified atom stereocenters. The highest BCUT2D eigenvalue weighted by atomic mass is 35.5. The van der Waals surface area contributed by atoms with E-state index in [2.05, 4.69) is 5.32 Å². The Balaban J connectivity index is 1.94. The van der Waals surface area contributed by atoms with Gasteiger partial charge in [-0.05, 0) is 55.8 Å². The van der Waals surface area contributed by atoms with Crippen molar-refractivity contribution in [1.29, 1.82) is 0 Å². The number of benzene rings is 2. The van der Waals surface area contributed by atoms with Crippen LogP contribution in [0.2, 0.25) is 5.02 Å². The molecule has 162 valence electrons. The molecular weight excluding hydrogens is 436 g/mol. The Morgan fingerprint density at radius 3 is 2.29 bits per heavy atom. The van der Waals surface area contributed by atoms with Crippen molar-refractivity contribution in [3.63, 3.8) is 0 Å². The fourth-order valence-electron chi connectivity index (χ4n) is 3.03. The summed E-state index contributed by atoms with van der Waals surface area (Å²) in [7, 11) is 0. The molecule has 1 aliphatic rings. The molecule has 31 heavy (non-hydrogen) atoms. The van der Waals surface area contributed by atoms with Crippen molar-refractivity contribution in [2.24, 2.45) is 0 Å². The quantitative estimate of drug-likeness (QED) is 0.585. The third-order valence-corrected chi connectivity index (χ3v) is 5.76. The number of halogens is 1. The summed E-state index contributed by atoms with van der Waals surface area (Å²) in [6, 6.07) is 13.9. The lowest BCUT2D eigenvalue weighted by molar-refractivity contribution is -0.137. The summed E-state index contributed by atoms with van der Waals surface area (Å²) >= 11 is 7.20. The van der Waals surface area contributed by atoms with E-state index in [1.165, 1.54) is 23.6 Å². The minimum atomic E-state index is -0.360. The molecule has 2 aromatic carbocycles. The fraction of sp³-hybridized carbons (Fsp3) is 0.261. The molecule has 0 aromatic heterocycles. The number of thioether (sulfide) groups is 1. The lowest BCUT2D eigenvalue weighted by Crippen LogP contribution is -2.35. The van der Waals surface area contributed by atoms with Gasteiger partial charge in [-0.2, -0.15) is 0 Å². The molecule has 0 atom stereocenters.